The molecule has 4 rings (SSSR count). The lowest BCUT2D eigenvalue weighted by Crippen LogP contribution is -2.05. The second-order valence-corrected chi connectivity index (χ2v) is 7.71. The summed E-state index contributed by atoms with van der Waals surface area (Å²) in [6, 6.07) is 15.6. The second kappa shape index (κ2) is 6.04. The van der Waals surface area contributed by atoms with E-state index in [-0.39, 0.29) is 11.0 Å². The fourth-order valence-electron chi connectivity index (χ4n) is 2.77. The van der Waals surface area contributed by atoms with Crippen LogP contribution < -0.4 is 0 Å². The third kappa shape index (κ3) is 2.67. The molecule has 0 bridgehead atoms. The van der Waals surface area contributed by atoms with Crippen molar-refractivity contribution in [2.45, 2.75) is 21.1 Å². The highest BCUT2D eigenvalue weighted by Crippen LogP contribution is 2.44. The van der Waals surface area contributed by atoms with Crippen LogP contribution in [0.5, 0.6) is 0 Å². The molecular weight excluding hydrogens is 324 g/mol. The van der Waals surface area contributed by atoms with Gasteiger partial charge in [0, 0.05) is 15.4 Å². The van der Waals surface area contributed by atoms with Gasteiger partial charge in [-0.1, -0.05) is 54.2 Å². The number of rotatable bonds is 2. The van der Waals surface area contributed by atoms with Gasteiger partial charge in [0.1, 0.15) is 0 Å². The molecule has 4 heteroatoms. The van der Waals surface area contributed by atoms with Crippen LogP contribution >= 0.6 is 23.5 Å². The van der Waals surface area contributed by atoms with Crippen LogP contribution in [0.15, 0.2) is 81.5 Å². The maximum atomic E-state index is 12.3. The van der Waals surface area contributed by atoms with Crippen molar-refractivity contribution in [2.24, 2.45) is 0 Å². The Balaban J connectivity index is 1.50. The van der Waals surface area contributed by atoms with Crippen molar-refractivity contribution >= 4 is 29.3 Å². The first-order valence-electron chi connectivity index (χ1n) is 7.38. The molecule has 2 aromatic rings. The van der Waals surface area contributed by atoms with E-state index in [0.29, 0.717) is 0 Å². The lowest BCUT2D eigenvalue weighted by Gasteiger charge is -2.08. The monoisotopic (exact) mass is 338 g/mol. The Labute approximate surface area is 143 Å². The van der Waals surface area contributed by atoms with Crippen molar-refractivity contribution in [2.75, 3.05) is 0 Å². The van der Waals surface area contributed by atoms with Crippen LogP contribution in [-0.4, -0.2) is 16.1 Å². The first-order valence-corrected chi connectivity index (χ1v) is 9.07. The first-order chi connectivity index (χ1) is 11.2. The van der Waals surface area contributed by atoms with Crippen molar-refractivity contribution < 1.29 is 9.90 Å². The third-order valence-corrected chi connectivity index (χ3v) is 6.37. The van der Waals surface area contributed by atoms with E-state index >= 15 is 0 Å². The minimum absolute atomic E-state index is 0.00636. The smallest absolute Gasteiger partial charge is 0.200 e. The van der Waals surface area contributed by atoms with Crippen molar-refractivity contribution in [3.05, 3.63) is 82.8 Å². The third-order valence-electron chi connectivity index (χ3n) is 3.94. The summed E-state index contributed by atoms with van der Waals surface area (Å²) in [5.74, 6) is 0.0816. The summed E-state index contributed by atoms with van der Waals surface area (Å²) in [5.41, 5.74) is 1.76. The van der Waals surface area contributed by atoms with Gasteiger partial charge in [-0.2, -0.15) is 0 Å². The minimum atomic E-state index is -0.491. The molecule has 2 aromatic carbocycles. The van der Waals surface area contributed by atoms with Crippen molar-refractivity contribution in [3.8, 4) is 0 Å². The van der Waals surface area contributed by atoms with E-state index in [1.165, 1.54) is 11.8 Å². The molecule has 23 heavy (non-hydrogen) atoms. The minimum Gasteiger partial charge on any atom is -0.387 e. The van der Waals surface area contributed by atoms with E-state index in [4.69, 9.17) is 0 Å². The van der Waals surface area contributed by atoms with Crippen LogP contribution in [0.4, 0.5) is 0 Å². The average Bonchev–Trinajstić information content (AvgIpc) is 3.07. The maximum absolute atomic E-state index is 12.3. The highest BCUT2D eigenvalue weighted by atomic mass is 32.2. The molecule has 2 heterocycles. The number of ketones is 1. The zero-order valence-corrected chi connectivity index (χ0v) is 13.8. The molecule has 2 aliphatic heterocycles. The molecule has 0 saturated carbocycles. The van der Waals surface area contributed by atoms with Crippen LogP contribution in [0.2, 0.25) is 0 Å². The number of thioether (sulfide) groups is 2. The van der Waals surface area contributed by atoms with Crippen LogP contribution in [0.25, 0.3) is 0 Å². The van der Waals surface area contributed by atoms with Gasteiger partial charge < -0.3 is 5.11 Å². The maximum Gasteiger partial charge on any atom is 0.200 e. The highest BCUT2D eigenvalue weighted by Gasteiger charge is 2.29. The van der Waals surface area contributed by atoms with E-state index < -0.39 is 6.10 Å². The fourth-order valence-corrected chi connectivity index (χ4v) is 4.99. The number of hydrogen-bond acceptors (Lipinski definition) is 4. The molecule has 2 atom stereocenters. The van der Waals surface area contributed by atoms with E-state index in [0.717, 1.165) is 25.8 Å². The SMILES string of the molecule is O=C1/C(=C\C=C\C2Sc3ccccc3C2O)Sc2ccccc21. The first kappa shape index (κ1) is 14.8. The number of benzene rings is 2. The normalized spacial score (nSPS) is 24.4. The van der Waals surface area contributed by atoms with Crippen molar-refractivity contribution in [1.29, 1.82) is 0 Å². The van der Waals surface area contributed by atoms with Gasteiger partial charge in [0.15, 0.2) is 0 Å². The molecule has 1 N–H and O–H groups in total. The Kier molecular flexibility index (Phi) is 3.89. The topological polar surface area (TPSA) is 37.3 Å². The largest absolute Gasteiger partial charge is 0.387 e. The highest BCUT2D eigenvalue weighted by molar-refractivity contribution is 8.04. The van der Waals surface area contributed by atoms with E-state index in [1.54, 1.807) is 11.8 Å². The zero-order valence-electron chi connectivity index (χ0n) is 12.2. The van der Waals surface area contributed by atoms with Crippen molar-refractivity contribution in [3.63, 3.8) is 0 Å². The van der Waals surface area contributed by atoms with E-state index in [2.05, 4.69) is 0 Å². The van der Waals surface area contributed by atoms with Gasteiger partial charge in [0.25, 0.3) is 0 Å². The summed E-state index contributed by atoms with van der Waals surface area (Å²) in [6.07, 6.45) is 5.22. The standard InChI is InChI=1S/C19H14O2S2/c20-18-12-6-1-3-8-14(12)22-16(18)10-5-11-17-19(21)13-7-2-4-9-15(13)23-17/h1-11,16,18,20H/b10-5+,17-11+. The van der Waals surface area contributed by atoms with E-state index in [1.807, 2.05) is 66.8 Å². The van der Waals surface area contributed by atoms with Gasteiger partial charge in [-0.05, 0) is 29.8 Å². The summed E-state index contributed by atoms with van der Waals surface area (Å²) in [6.45, 7) is 0. The quantitative estimate of drug-likeness (QED) is 0.811. The van der Waals surface area contributed by atoms with Gasteiger partial charge >= 0.3 is 0 Å². The van der Waals surface area contributed by atoms with Crippen LogP contribution in [0.1, 0.15) is 22.0 Å². The Morgan fingerprint density at radius 3 is 2.52 bits per heavy atom. The Hall–Kier alpha value is -1.75. The summed E-state index contributed by atoms with van der Waals surface area (Å²) in [7, 11) is 0. The average molecular weight is 338 g/mol. The fraction of sp³-hybridized carbons (Fsp3) is 0.105. The number of aliphatic hydroxyl groups is 1. The molecule has 0 spiro atoms. The molecule has 0 amide bonds. The molecular formula is C19H14O2S2. The number of carbonyl (C=O) groups excluding carboxylic acids is 1. The molecule has 114 valence electrons. The van der Waals surface area contributed by atoms with Crippen LogP contribution in [-0.2, 0) is 0 Å². The molecule has 2 aliphatic rings. The lowest BCUT2D eigenvalue weighted by atomic mass is 10.1. The number of hydrogen-bond donors (Lipinski definition) is 1. The molecule has 0 saturated heterocycles. The number of fused-ring (bicyclic) bond motifs is 2. The molecule has 0 fully saturated rings. The number of Topliss-reactive ketones (excluding diaryl/α,β-unsaturated/α-hetero) is 1. The van der Waals surface area contributed by atoms with Gasteiger partial charge in [0.2, 0.25) is 5.78 Å². The Morgan fingerprint density at radius 2 is 1.74 bits per heavy atom. The predicted molar refractivity (Wildman–Crippen MR) is 94.9 cm³/mol. The Morgan fingerprint density at radius 1 is 1.00 bits per heavy atom. The molecule has 2 unspecified atom stereocenters. The summed E-state index contributed by atoms with van der Waals surface area (Å²) in [5, 5.41) is 10.4. The number of aliphatic hydroxyl groups excluding tert-OH is 1. The number of allylic oxidation sites excluding steroid dienone is 3. The van der Waals surface area contributed by atoms with Gasteiger partial charge in [-0.25, -0.2) is 0 Å². The van der Waals surface area contributed by atoms with Gasteiger partial charge in [-0.15, -0.1) is 11.8 Å². The van der Waals surface area contributed by atoms with Gasteiger partial charge in [0.05, 0.1) is 16.3 Å². The van der Waals surface area contributed by atoms with Crippen LogP contribution in [0, 0.1) is 0 Å². The summed E-state index contributed by atoms with van der Waals surface area (Å²) >= 11 is 3.16. The van der Waals surface area contributed by atoms with Crippen molar-refractivity contribution in [1.82, 2.24) is 0 Å². The van der Waals surface area contributed by atoms with Gasteiger partial charge in [-0.3, -0.25) is 4.79 Å². The second-order valence-electron chi connectivity index (χ2n) is 5.41. The molecule has 0 aromatic heterocycles. The number of carbonyl (C=O) groups is 1. The van der Waals surface area contributed by atoms with E-state index in [9.17, 15) is 9.90 Å². The Bertz CT molecular complexity index is 839. The molecule has 0 radical (unpaired) electrons. The lowest BCUT2D eigenvalue weighted by molar-refractivity contribution is 0.104. The predicted octanol–water partition coefficient (Wildman–Crippen LogP) is 4.62. The summed E-state index contributed by atoms with van der Waals surface area (Å²) < 4.78 is 0. The zero-order chi connectivity index (χ0) is 15.8. The molecule has 2 nitrogen and oxygen atoms in total. The summed E-state index contributed by atoms with van der Waals surface area (Å²) in [4.78, 5) is 15.2. The van der Waals surface area contributed by atoms with Crippen LogP contribution in [0.3, 0.4) is 0 Å². The molecule has 0 aliphatic carbocycles.